The van der Waals surface area contributed by atoms with E-state index in [-0.39, 0.29) is 18.1 Å². The third-order valence-electron chi connectivity index (χ3n) is 2.33. The fourth-order valence-corrected chi connectivity index (χ4v) is 1.56. The predicted octanol–water partition coefficient (Wildman–Crippen LogP) is 2.90. The van der Waals surface area contributed by atoms with Crippen LogP contribution in [0.1, 0.15) is 27.9 Å². The number of carbonyl (C=O) groups is 2. The molecule has 1 aromatic carbocycles. The molecular formula is C13H13ClO3. The molecular weight excluding hydrogens is 240 g/mol. The average molecular weight is 253 g/mol. The van der Waals surface area contributed by atoms with E-state index in [4.69, 9.17) is 16.7 Å². The first-order valence-electron chi connectivity index (χ1n) is 5.15. The number of hydrogen-bond donors (Lipinski definition) is 1. The second kappa shape index (κ2) is 6.21. The monoisotopic (exact) mass is 252 g/mol. The minimum absolute atomic E-state index is 0.0371. The van der Waals surface area contributed by atoms with Crippen molar-refractivity contribution in [2.75, 3.05) is 5.88 Å². The highest BCUT2D eigenvalue weighted by atomic mass is 35.5. The van der Waals surface area contributed by atoms with Gasteiger partial charge in [-0.05, 0) is 30.2 Å². The van der Waals surface area contributed by atoms with Crippen molar-refractivity contribution in [3.8, 4) is 0 Å². The number of ketones is 1. The highest BCUT2D eigenvalue weighted by Gasteiger charge is 2.06. The molecule has 0 aliphatic rings. The smallest absolute Gasteiger partial charge is 0.328 e. The van der Waals surface area contributed by atoms with E-state index in [1.165, 1.54) is 6.08 Å². The van der Waals surface area contributed by atoms with Crippen LogP contribution >= 0.6 is 11.6 Å². The van der Waals surface area contributed by atoms with Crippen LogP contribution in [0.5, 0.6) is 0 Å². The molecule has 4 heteroatoms. The first-order chi connectivity index (χ1) is 8.04. The minimum Gasteiger partial charge on any atom is -0.478 e. The zero-order valence-corrected chi connectivity index (χ0v) is 10.2. The molecule has 90 valence electrons. The summed E-state index contributed by atoms with van der Waals surface area (Å²) in [4.78, 5) is 22.1. The maximum absolute atomic E-state index is 11.6. The Kier molecular flexibility index (Phi) is 4.91. The van der Waals surface area contributed by atoms with Gasteiger partial charge in [0.15, 0.2) is 5.78 Å². The van der Waals surface area contributed by atoms with Crippen LogP contribution in [-0.2, 0) is 4.79 Å². The lowest BCUT2D eigenvalue weighted by atomic mass is 10.0. The van der Waals surface area contributed by atoms with E-state index in [0.717, 1.165) is 17.2 Å². The predicted molar refractivity (Wildman–Crippen MR) is 67.5 cm³/mol. The van der Waals surface area contributed by atoms with E-state index >= 15 is 0 Å². The zero-order chi connectivity index (χ0) is 12.8. The molecule has 0 heterocycles. The first-order valence-corrected chi connectivity index (χ1v) is 5.69. The summed E-state index contributed by atoms with van der Waals surface area (Å²) in [5, 5.41) is 8.56. The Bertz CT molecular complexity index is 464. The molecule has 0 saturated heterocycles. The lowest BCUT2D eigenvalue weighted by Crippen LogP contribution is -2.00. The Morgan fingerprint density at radius 1 is 1.41 bits per heavy atom. The van der Waals surface area contributed by atoms with Crippen molar-refractivity contribution in [1.29, 1.82) is 0 Å². The van der Waals surface area contributed by atoms with Crippen molar-refractivity contribution in [2.24, 2.45) is 0 Å². The van der Waals surface area contributed by atoms with E-state index in [0.29, 0.717) is 5.56 Å². The fourth-order valence-electron chi connectivity index (χ4n) is 1.38. The second-order valence-corrected chi connectivity index (χ2v) is 3.98. The Balaban J connectivity index is 3.02. The summed E-state index contributed by atoms with van der Waals surface area (Å²) in [7, 11) is 0. The summed E-state index contributed by atoms with van der Waals surface area (Å²) < 4.78 is 0. The zero-order valence-electron chi connectivity index (χ0n) is 9.44. The van der Waals surface area contributed by atoms with Gasteiger partial charge < -0.3 is 5.11 Å². The molecule has 0 bridgehead atoms. The summed E-state index contributed by atoms with van der Waals surface area (Å²) in [5.41, 5.74) is 2.21. The van der Waals surface area contributed by atoms with Crippen LogP contribution in [-0.4, -0.2) is 22.7 Å². The Labute approximate surface area is 105 Å². The number of carboxylic acids is 1. The molecule has 1 aromatic rings. The maximum Gasteiger partial charge on any atom is 0.328 e. The van der Waals surface area contributed by atoms with Gasteiger partial charge in [-0.2, -0.15) is 0 Å². The lowest BCUT2D eigenvalue weighted by Gasteiger charge is -2.04. The Hall–Kier alpha value is -1.61. The van der Waals surface area contributed by atoms with Crippen LogP contribution in [0.4, 0.5) is 0 Å². The molecule has 0 radical (unpaired) electrons. The summed E-state index contributed by atoms with van der Waals surface area (Å²) in [6.45, 7) is 1.86. The second-order valence-electron chi connectivity index (χ2n) is 3.61. The van der Waals surface area contributed by atoms with Gasteiger partial charge in [0.2, 0.25) is 0 Å². The van der Waals surface area contributed by atoms with E-state index in [1.807, 2.05) is 6.92 Å². The number of aliphatic carboxylic acids is 1. The molecule has 1 N–H and O–H groups in total. The van der Waals surface area contributed by atoms with E-state index in [9.17, 15) is 9.59 Å². The SMILES string of the molecule is Cc1ccc(C(=O)CCCl)cc1/C=C/C(=O)O. The van der Waals surface area contributed by atoms with Crippen molar-refractivity contribution >= 4 is 29.4 Å². The quantitative estimate of drug-likeness (QED) is 0.498. The van der Waals surface area contributed by atoms with Crippen molar-refractivity contribution in [1.82, 2.24) is 0 Å². The third-order valence-corrected chi connectivity index (χ3v) is 2.52. The normalized spacial score (nSPS) is 10.7. The lowest BCUT2D eigenvalue weighted by molar-refractivity contribution is -0.131. The number of halogens is 1. The molecule has 0 aliphatic heterocycles. The maximum atomic E-state index is 11.6. The van der Waals surface area contributed by atoms with Gasteiger partial charge in [-0.25, -0.2) is 4.79 Å². The number of carbonyl (C=O) groups excluding carboxylic acids is 1. The summed E-state index contributed by atoms with van der Waals surface area (Å²) >= 11 is 5.51. The molecule has 3 nitrogen and oxygen atoms in total. The van der Waals surface area contributed by atoms with Crippen LogP contribution in [0.2, 0.25) is 0 Å². The number of hydrogen-bond acceptors (Lipinski definition) is 2. The average Bonchev–Trinajstić information content (AvgIpc) is 2.28. The summed E-state index contributed by atoms with van der Waals surface area (Å²) in [5.74, 6) is -0.764. The standard InChI is InChI=1S/C13H13ClO3/c1-9-2-3-11(12(15)6-7-14)8-10(9)4-5-13(16)17/h2-5,8H,6-7H2,1H3,(H,16,17)/b5-4+. The number of benzene rings is 1. The molecule has 0 atom stereocenters. The summed E-state index contributed by atoms with van der Waals surface area (Å²) in [6, 6.07) is 5.20. The minimum atomic E-state index is -1.01. The van der Waals surface area contributed by atoms with Crippen molar-refractivity contribution in [2.45, 2.75) is 13.3 Å². The topological polar surface area (TPSA) is 54.4 Å². The molecule has 0 fully saturated rings. The van der Waals surface area contributed by atoms with Gasteiger partial charge in [0.05, 0.1) is 0 Å². The molecule has 1 rings (SSSR count). The van der Waals surface area contributed by atoms with E-state index in [1.54, 1.807) is 18.2 Å². The molecule has 17 heavy (non-hydrogen) atoms. The van der Waals surface area contributed by atoms with Crippen molar-refractivity contribution in [3.05, 3.63) is 41.0 Å². The summed E-state index contributed by atoms with van der Waals surface area (Å²) in [6.07, 6.45) is 2.82. The van der Waals surface area contributed by atoms with Gasteiger partial charge in [-0.3, -0.25) is 4.79 Å². The van der Waals surface area contributed by atoms with Gasteiger partial charge in [-0.15, -0.1) is 11.6 Å². The molecule has 0 saturated carbocycles. The van der Waals surface area contributed by atoms with Gasteiger partial charge in [-0.1, -0.05) is 12.1 Å². The van der Waals surface area contributed by atoms with Crippen molar-refractivity contribution < 1.29 is 14.7 Å². The first kappa shape index (κ1) is 13.5. The van der Waals surface area contributed by atoms with Crippen LogP contribution in [0.25, 0.3) is 6.08 Å². The number of rotatable bonds is 5. The fraction of sp³-hybridized carbons (Fsp3) is 0.231. The van der Waals surface area contributed by atoms with Crippen LogP contribution in [0.15, 0.2) is 24.3 Å². The highest BCUT2D eigenvalue weighted by Crippen LogP contribution is 2.14. The molecule has 0 aromatic heterocycles. The largest absolute Gasteiger partial charge is 0.478 e. The molecule has 0 aliphatic carbocycles. The number of alkyl halides is 1. The van der Waals surface area contributed by atoms with Crippen LogP contribution < -0.4 is 0 Å². The Morgan fingerprint density at radius 3 is 2.71 bits per heavy atom. The molecule has 0 unspecified atom stereocenters. The Morgan fingerprint density at radius 2 is 2.12 bits per heavy atom. The van der Waals surface area contributed by atoms with Crippen molar-refractivity contribution in [3.63, 3.8) is 0 Å². The highest BCUT2D eigenvalue weighted by molar-refractivity contribution is 6.19. The molecule has 0 spiro atoms. The van der Waals surface area contributed by atoms with Crippen LogP contribution in [0, 0.1) is 6.92 Å². The van der Waals surface area contributed by atoms with Gasteiger partial charge in [0.25, 0.3) is 0 Å². The number of aryl methyl sites for hydroxylation is 1. The van der Waals surface area contributed by atoms with E-state index in [2.05, 4.69) is 0 Å². The van der Waals surface area contributed by atoms with E-state index < -0.39 is 5.97 Å². The third kappa shape index (κ3) is 4.04. The van der Waals surface area contributed by atoms with Gasteiger partial charge >= 0.3 is 5.97 Å². The van der Waals surface area contributed by atoms with Gasteiger partial charge in [0.1, 0.15) is 0 Å². The van der Waals surface area contributed by atoms with Gasteiger partial charge in [0, 0.05) is 23.9 Å². The number of Topliss-reactive ketones (excluding diaryl/α,β-unsaturated/α-hetero) is 1. The van der Waals surface area contributed by atoms with Crippen LogP contribution in [0.3, 0.4) is 0 Å². The number of carboxylic acid groups (broad SMARTS) is 1. The molecule has 0 amide bonds.